The topological polar surface area (TPSA) is 175 Å². The van der Waals surface area contributed by atoms with Gasteiger partial charge in [0.25, 0.3) is 0 Å². The highest BCUT2D eigenvalue weighted by Gasteiger charge is 2.50. The SMILES string of the molecule is CC/C=C\C/C=C\C/C=C\C/C=C\C/C=C\C/C=C\CCC(=O)OCC(COC1OC(C(=O)O)C(O)C(O)C1OC(=O)CCCCCCC/C=C\CCCCCC)OC(=O)CCCCCCCCC/C=C\C/C=C\C/C=C\CC. The van der Waals surface area contributed by atoms with Gasteiger partial charge in [0.2, 0.25) is 0 Å². The second-order valence-corrected chi connectivity index (χ2v) is 20.2. The van der Waals surface area contributed by atoms with E-state index < -0.39 is 67.3 Å². The van der Waals surface area contributed by atoms with Crippen molar-refractivity contribution in [2.24, 2.45) is 0 Å². The van der Waals surface area contributed by atoms with Gasteiger partial charge in [0.15, 0.2) is 24.6 Å². The number of ether oxygens (including phenoxy) is 5. The summed E-state index contributed by atoms with van der Waals surface area (Å²) in [6, 6.07) is 0. The molecular formula is C67H106O12. The van der Waals surface area contributed by atoms with Crippen LogP contribution in [0.3, 0.4) is 0 Å². The van der Waals surface area contributed by atoms with Crippen LogP contribution in [0.1, 0.15) is 226 Å². The first-order chi connectivity index (χ1) is 38.6. The largest absolute Gasteiger partial charge is 0.479 e. The number of rotatable bonds is 50. The molecule has 0 saturated carbocycles. The summed E-state index contributed by atoms with van der Waals surface area (Å²) in [6.45, 7) is 5.67. The normalized spacial score (nSPS) is 18.7. The molecule has 0 aromatic carbocycles. The number of carboxylic acids is 1. The van der Waals surface area contributed by atoms with E-state index in [4.69, 9.17) is 23.7 Å². The quantitative estimate of drug-likeness (QED) is 0.0228. The lowest BCUT2D eigenvalue weighted by molar-refractivity contribution is -0.301. The first-order valence-electron chi connectivity index (χ1n) is 30.5. The van der Waals surface area contributed by atoms with Crippen LogP contribution < -0.4 is 0 Å². The van der Waals surface area contributed by atoms with Gasteiger partial charge in [-0.05, 0) is 116 Å². The summed E-state index contributed by atoms with van der Waals surface area (Å²) in [6.07, 6.45) is 61.7. The molecule has 0 aliphatic carbocycles. The standard InChI is InChI=1S/C67H106O12/c1-4-7-10-13-16-19-22-25-27-29-30-32-33-36-38-41-44-47-50-53-59(68)75-56-58(77-60(69)54-51-48-45-42-40-37-34-31-28-26-23-20-17-14-11-8-5-2)57-76-67-65(63(72)62(71)64(79-67)66(73)74)78-61(70)55-52-49-46-43-39-35-24-21-18-15-12-9-6-3/h7-8,10-11,16-17,19-21,24-28,30,32,36,38,44,47,58,62-65,67,71-72H,4-6,9,12-15,18,22-23,29,31,33-35,37,39-43,45-46,48-57H2,1-3H3,(H,73,74)/b10-7-,11-8-,19-16-,20-17-,24-21-,27-25-,28-26-,32-30-,38-36-,47-44-. The number of aliphatic hydroxyl groups is 2. The van der Waals surface area contributed by atoms with Gasteiger partial charge in [0.1, 0.15) is 18.8 Å². The van der Waals surface area contributed by atoms with Gasteiger partial charge >= 0.3 is 23.9 Å². The fourth-order valence-corrected chi connectivity index (χ4v) is 8.40. The zero-order chi connectivity index (χ0) is 57.5. The van der Waals surface area contributed by atoms with Crippen LogP contribution in [0.5, 0.6) is 0 Å². The molecule has 6 unspecified atom stereocenters. The molecule has 1 saturated heterocycles. The summed E-state index contributed by atoms with van der Waals surface area (Å²) < 4.78 is 28.4. The van der Waals surface area contributed by atoms with E-state index in [9.17, 15) is 34.5 Å². The lowest BCUT2D eigenvalue weighted by atomic mass is 9.98. The molecule has 0 amide bonds. The summed E-state index contributed by atoms with van der Waals surface area (Å²) in [7, 11) is 0. The van der Waals surface area contributed by atoms with E-state index in [1.165, 1.54) is 25.7 Å². The van der Waals surface area contributed by atoms with Crippen LogP contribution in [-0.4, -0.2) is 89.2 Å². The Kier molecular flexibility index (Phi) is 49.1. The molecule has 446 valence electrons. The number of esters is 3. The third-order valence-corrected chi connectivity index (χ3v) is 13.0. The van der Waals surface area contributed by atoms with Crippen molar-refractivity contribution in [2.75, 3.05) is 13.2 Å². The highest BCUT2D eigenvalue weighted by atomic mass is 16.7. The minimum Gasteiger partial charge on any atom is -0.479 e. The third-order valence-electron chi connectivity index (χ3n) is 13.0. The molecule has 1 aliphatic rings. The second kappa shape index (κ2) is 53.7. The molecule has 1 heterocycles. The Labute approximate surface area is 478 Å². The fourth-order valence-electron chi connectivity index (χ4n) is 8.40. The number of carbonyl (C=O) groups excluding carboxylic acids is 3. The highest BCUT2D eigenvalue weighted by Crippen LogP contribution is 2.26. The van der Waals surface area contributed by atoms with Crippen molar-refractivity contribution in [3.05, 3.63) is 122 Å². The summed E-state index contributed by atoms with van der Waals surface area (Å²) in [5.74, 6) is -3.27. The number of hydrogen-bond donors (Lipinski definition) is 3. The molecule has 0 aromatic heterocycles. The summed E-state index contributed by atoms with van der Waals surface area (Å²) in [5.41, 5.74) is 0. The van der Waals surface area contributed by atoms with Gasteiger partial charge in [-0.25, -0.2) is 4.79 Å². The van der Waals surface area contributed by atoms with Gasteiger partial charge in [0.05, 0.1) is 6.61 Å². The molecule has 0 radical (unpaired) electrons. The third kappa shape index (κ3) is 43.6. The molecule has 79 heavy (non-hydrogen) atoms. The number of allylic oxidation sites excluding steroid dienone is 20. The number of carbonyl (C=O) groups is 4. The van der Waals surface area contributed by atoms with Crippen LogP contribution in [0, 0.1) is 0 Å². The van der Waals surface area contributed by atoms with Crippen molar-refractivity contribution in [1.29, 1.82) is 0 Å². The van der Waals surface area contributed by atoms with E-state index in [2.05, 4.69) is 130 Å². The average molecular weight is 1100 g/mol. The fraction of sp³-hybridized carbons (Fsp3) is 0.642. The maximum absolute atomic E-state index is 13.2. The number of aliphatic hydroxyl groups excluding tert-OH is 2. The summed E-state index contributed by atoms with van der Waals surface area (Å²) in [5, 5.41) is 31.5. The monoisotopic (exact) mass is 1100 g/mol. The average Bonchev–Trinajstić information content (AvgIpc) is 3.44. The molecule has 12 heteroatoms. The number of carboxylic acid groups (broad SMARTS) is 1. The minimum atomic E-state index is -1.92. The van der Waals surface area contributed by atoms with Crippen LogP contribution in [0.25, 0.3) is 0 Å². The van der Waals surface area contributed by atoms with Crippen molar-refractivity contribution >= 4 is 23.9 Å². The molecule has 0 spiro atoms. The molecule has 6 atom stereocenters. The van der Waals surface area contributed by atoms with Gasteiger partial charge in [-0.1, -0.05) is 213 Å². The molecular weight excluding hydrogens is 997 g/mol. The lowest BCUT2D eigenvalue weighted by Gasteiger charge is -2.40. The Balaban J connectivity index is 2.75. The van der Waals surface area contributed by atoms with Crippen LogP contribution in [0.4, 0.5) is 0 Å². The van der Waals surface area contributed by atoms with E-state index in [0.717, 1.165) is 141 Å². The molecule has 12 nitrogen and oxygen atoms in total. The van der Waals surface area contributed by atoms with Crippen molar-refractivity contribution in [3.63, 3.8) is 0 Å². The van der Waals surface area contributed by atoms with Gasteiger partial charge < -0.3 is 39.0 Å². The molecule has 3 N–H and O–H groups in total. The van der Waals surface area contributed by atoms with Gasteiger partial charge in [-0.15, -0.1) is 0 Å². The van der Waals surface area contributed by atoms with Crippen molar-refractivity contribution in [3.8, 4) is 0 Å². The van der Waals surface area contributed by atoms with E-state index in [1.54, 1.807) is 0 Å². The van der Waals surface area contributed by atoms with Crippen molar-refractivity contribution in [1.82, 2.24) is 0 Å². The van der Waals surface area contributed by atoms with Gasteiger partial charge in [0, 0.05) is 19.3 Å². The number of aliphatic carboxylic acids is 1. The summed E-state index contributed by atoms with van der Waals surface area (Å²) >= 11 is 0. The predicted octanol–water partition coefficient (Wildman–Crippen LogP) is 16.0. The smallest absolute Gasteiger partial charge is 0.335 e. The van der Waals surface area contributed by atoms with E-state index in [-0.39, 0.29) is 25.9 Å². The Bertz CT molecular complexity index is 1840. The second-order valence-electron chi connectivity index (χ2n) is 20.2. The van der Waals surface area contributed by atoms with Crippen molar-refractivity contribution in [2.45, 2.75) is 263 Å². The Morgan fingerprint density at radius 1 is 0.430 bits per heavy atom. The zero-order valence-electron chi connectivity index (χ0n) is 49.1. The molecule has 0 aromatic rings. The Hall–Kier alpha value is -4.88. The molecule has 1 rings (SSSR count). The molecule has 0 bridgehead atoms. The summed E-state index contributed by atoms with van der Waals surface area (Å²) in [4.78, 5) is 51.2. The maximum Gasteiger partial charge on any atom is 0.335 e. The van der Waals surface area contributed by atoms with Gasteiger partial charge in [-0.3, -0.25) is 14.4 Å². The maximum atomic E-state index is 13.2. The Morgan fingerprint density at radius 2 is 0.823 bits per heavy atom. The van der Waals surface area contributed by atoms with Crippen LogP contribution in [0.15, 0.2) is 122 Å². The number of hydrogen-bond acceptors (Lipinski definition) is 11. The molecule has 1 fully saturated rings. The van der Waals surface area contributed by atoms with Crippen LogP contribution in [0.2, 0.25) is 0 Å². The highest BCUT2D eigenvalue weighted by molar-refractivity contribution is 5.74. The van der Waals surface area contributed by atoms with E-state index in [1.807, 2.05) is 12.2 Å². The van der Waals surface area contributed by atoms with Crippen molar-refractivity contribution < 1.29 is 58.2 Å². The van der Waals surface area contributed by atoms with E-state index >= 15 is 0 Å². The van der Waals surface area contributed by atoms with E-state index in [0.29, 0.717) is 19.3 Å². The van der Waals surface area contributed by atoms with Crippen LogP contribution in [-0.2, 0) is 42.9 Å². The first-order valence-corrected chi connectivity index (χ1v) is 30.5. The minimum absolute atomic E-state index is 0.0363. The lowest BCUT2D eigenvalue weighted by Crippen LogP contribution is -2.61. The Morgan fingerprint density at radius 3 is 1.28 bits per heavy atom. The van der Waals surface area contributed by atoms with Gasteiger partial charge in [-0.2, -0.15) is 0 Å². The zero-order valence-corrected chi connectivity index (χ0v) is 49.1. The predicted molar refractivity (Wildman–Crippen MR) is 321 cm³/mol. The first kappa shape index (κ1) is 72.1. The molecule has 1 aliphatic heterocycles. The van der Waals surface area contributed by atoms with Crippen LogP contribution >= 0.6 is 0 Å². The number of unbranched alkanes of at least 4 members (excludes halogenated alkanes) is 16.